The molecule has 0 radical (unpaired) electrons. The van der Waals surface area contributed by atoms with Crippen molar-refractivity contribution in [3.8, 4) is 0 Å². The van der Waals surface area contributed by atoms with E-state index in [9.17, 15) is 4.39 Å². The standard InChI is InChI=1S/C14H25F/c1-13(2,10-5-6-10)7-8-14(3,4)11-9-12(11)15/h10-12H,5-9H2,1-4H3. The van der Waals surface area contributed by atoms with Gasteiger partial charge in [-0.25, -0.2) is 4.39 Å². The lowest BCUT2D eigenvalue weighted by molar-refractivity contribution is 0.182. The van der Waals surface area contributed by atoms with Crippen LogP contribution in [-0.4, -0.2) is 6.17 Å². The number of hydrogen-bond acceptors (Lipinski definition) is 0. The van der Waals surface area contributed by atoms with Crippen molar-refractivity contribution in [1.82, 2.24) is 0 Å². The van der Waals surface area contributed by atoms with Gasteiger partial charge in [-0.15, -0.1) is 0 Å². The van der Waals surface area contributed by atoms with E-state index in [-0.39, 0.29) is 5.41 Å². The lowest BCUT2D eigenvalue weighted by Crippen LogP contribution is -2.22. The maximum Gasteiger partial charge on any atom is 0.104 e. The van der Waals surface area contributed by atoms with E-state index in [4.69, 9.17) is 0 Å². The van der Waals surface area contributed by atoms with Crippen LogP contribution in [-0.2, 0) is 0 Å². The van der Waals surface area contributed by atoms with Gasteiger partial charge < -0.3 is 0 Å². The van der Waals surface area contributed by atoms with Crippen molar-refractivity contribution in [2.45, 2.75) is 66.0 Å². The van der Waals surface area contributed by atoms with Crippen LogP contribution >= 0.6 is 0 Å². The maximum atomic E-state index is 13.1. The minimum absolute atomic E-state index is 0.228. The Labute approximate surface area is 93.6 Å². The van der Waals surface area contributed by atoms with Crippen LogP contribution < -0.4 is 0 Å². The zero-order valence-corrected chi connectivity index (χ0v) is 10.6. The molecular weight excluding hydrogens is 187 g/mol. The Balaban J connectivity index is 1.81. The van der Waals surface area contributed by atoms with Crippen LogP contribution in [0, 0.1) is 22.7 Å². The lowest BCUT2D eigenvalue weighted by Gasteiger charge is -2.31. The Morgan fingerprint density at radius 1 is 1.00 bits per heavy atom. The molecule has 0 spiro atoms. The third-order valence-corrected chi connectivity index (χ3v) is 4.81. The average molecular weight is 212 g/mol. The van der Waals surface area contributed by atoms with Crippen molar-refractivity contribution in [1.29, 1.82) is 0 Å². The highest BCUT2D eigenvalue weighted by Crippen LogP contribution is 2.54. The fourth-order valence-corrected chi connectivity index (χ4v) is 2.87. The topological polar surface area (TPSA) is 0 Å². The highest BCUT2D eigenvalue weighted by molar-refractivity contribution is 4.98. The van der Waals surface area contributed by atoms with Gasteiger partial charge in [0, 0.05) is 0 Å². The van der Waals surface area contributed by atoms with Crippen LogP contribution in [0.5, 0.6) is 0 Å². The first kappa shape index (κ1) is 11.4. The van der Waals surface area contributed by atoms with Gasteiger partial charge in [0.15, 0.2) is 0 Å². The molecule has 2 aliphatic rings. The molecule has 2 rings (SSSR count). The van der Waals surface area contributed by atoms with Gasteiger partial charge in [0.25, 0.3) is 0 Å². The molecule has 0 aromatic carbocycles. The first-order chi connectivity index (χ1) is 6.83. The molecule has 0 aromatic rings. The summed E-state index contributed by atoms with van der Waals surface area (Å²) in [7, 11) is 0. The van der Waals surface area contributed by atoms with Gasteiger partial charge >= 0.3 is 0 Å². The Bertz CT molecular complexity index is 238. The van der Waals surface area contributed by atoms with Crippen molar-refractivity contribution in [2.75, 3.05) is 0 Å². The molecule has 15 heavy (non-hydrogen) atoms. The van der Waals surface area contributed by atoms with E-state index in [0.29, 0.717) is 11.3 Å². The number of halogens is 1. The minimum Gasteiger partial charge on any atom is -0.247 e. The number of rotatable bonds is 5. The molecule has 2 unspecified atom stereocenters. The maximum absolute atomic E-state index is 13.1. The van der Waals surface area contributed by atoms with E-state index in [1.165, 1.54) is 25.7 Å². The zero-order chi connectivity index (χ0) is 11.3. The van der Waals surface area contributed by atoms with Crippen molar-refractivity contribution in [2.24, 2.45) is 22.7 Å². The molecule has 0 amide bonds. The lowest BCUT2D eigenvalue weighted by atomic mass is 9.74. The predicted octanol–water partition coefficient (Wildman–Crippen LogP) is 4.59. The van der Waals surface area contributed by atoms with Crippen LogP contribution in [0.2, 0.25) is 0 Å². The first-order valence-electron chi connectivity index (χ1n) is 6.47. The Kier molecular flexibility index (Phi) is 2.64. The van der Waals surface area contributed by atoms with Crippen LogP contribution in [0.3, 0.4) is 0 Å². The molecule has 2 saturated carbocycles. The molecule has 2 atom stereocenters. The highest BCUT2D eigenvalue weighted by atomic mass is 19.1. The fraction of sp³-hybridized carbons (Fsp3) is 1.00. The minimum atomic E-state index is -0.496. The zero-order valence-electron chi connectivity index (χ0n) is 10.6. The molecule has 0 saturated heterocycles. The summed E-state index contributed by atoms with van der Waals surface area (Å²) in [6, 6.07) is 0. The molecule has 2 aliphatic carbocycles. The van der Waals surface area contributed by atoms with Gasteiger partial charge in [0.05, 0.1) is 0 Å². The summed E-state index contributed by atoms with van der Waals surface area (Å²) in [5, 5.41) is 0. The summed E-state index contributed by atoms with van der Waals surface area (Å²) in [5.74, 6) is 1.31. The van der Waals surface area contributed by atoms with E-state index >= 15 is 0 Å². The number of hydrogen-bond donors (Lipinski definition) is 0. The second-order valence-corrected chi connectivity index (χ2v) is 7.11. The quantitative estimate of drug-likeness (QED) is 0.625. The van der Waals surface area contributed by atoms with E-state index in [1.54, 1.807) is 0 Å². The third-order valence-electron chi connectivity index (χ3n) is 4.81. The molecule has 0 heterocycles. The second-order valence-electron chi connectivity index (χ2n) is 7.11. The van der Waals surface area contributed by atoms with E-state index < -0.39 is 6.17 Å². The molecule has 1 heteroatoms. The van der Waals surface area contributed by atoms with Gasteiger partial charge in [-0.3, -0.25) is 0 Å². The number of alkyl halides is 1. The smallest absolute Gasteiger partial charge is 0.104 e. The van der Waals surface area contributed by atoms with Gasteiger partial charge in [0.2, 0.25) is 0 Å². The van der Waals surface area contributed by atoms with Crippen LogP contribution in [0.25, 0.3) is 0 Å². The van der Waals surface area contributed by atoms with Gasteiger partial charge in [-0.1, -0.05) is 27.7 Å². The average Bonchev–Trinajstić information content (AvgIpc) is 2.92. The van der Waals surface area contributed by atoms with E-state index in [0.717, 1.165) is 12.3 Å². The molecule has 0 aliphatic heterocycles. The molecule has 88 valence electrons. The summed E-state index contributed by atoms with van der Waals surface area (Å²) in [5.41, 5.74) is 0.726. The summed E-state index contributed by atoms with van der Waals surface area (Å²) in [6.07, 6.45) is 5.63. The molecule has 0 nitrogen and oxygen atoms in total. The van der Waals surface area contributed by atoms with Crippen molar-refractivity contribution in [3.63, 3.8) is 0 Å². The van der Waals surface area contributed by atoms with Crippen LogP contribution in [0.15, 0.2) is 0 Å². The summed E-state index contributed by atoms with van der Waals surface area (Å²) >= 11 is 0. The second kappa shape index (κ2) is 3.46. The largest absolute Gasteiger partial charge is 0.247 e. The summed E-state index contributed by atoms with van der Waals surface area (Å²) < 4.78 is 13.1. The van der Waals surface area contributed by atoms with Gasteiger partial charge in [0.1, 0.15) is 6.17 Å². The van der Waals surface area contributed by atoms with Crippen LogP contribution in [0.4, 0.5) is 4.39 Å². The van der Waals surface area contributed by atoms with E-state index in [1.807, 2.05) is 0 Å². The monoisotopic (exact) mass is 212 g/mol. The molecule has 0 N–H and O–H groups in total. The normalized spacial score (nSPS) is 31.8. The third kappa shape index (κ3) is 2.54. The summed E-state index contributed by atoms with van der Waals surface area (Å²) in [6.45, 7) is 9.28. The molecule has 2 fully saturated rings. The predicted molar refractivity (Wildman–Crippen MR) is 62.5 cm³/mol. The van der Waals surface area contributed by atoms with Crippen molar-refractivity contribution >= 4 is 0 Å². The van der Waals surface area contributed by atoms with Crippen molar-refractivity contribution < 1.29 is 4.39 Å². The van der Waals surface area contributed by atoms with Gasteiger partial charge in [-0.2, -0.15) is 0 Å². The SMILES string of the molecule is CC(C)(CCC(C)(C)C1CC1F)C1CC1. The van der Waals surface area contributed by atoms with Crippen molar-refractivity contribution in [3.05, 3.63) is 0 Å². The fourth-order valence-electron chi connectivity index (χ4n) is 2.87. The molecule has 0 aromatic heterocycles. The summed E-state index contributed by atoms with van der Waals surface area (Å²) in [4.78, 5) is 0. The van der Waals surface area contributed by atoms with Gasteiger partial charge in [-0.05, 0) is 54.8 Å². The molecular formula is C14H25F. The Morgan fingerprint density at radius 2 is 1.47 bits per heavy atom. The Hall–Kier alpha value is -0.0700. The Morgan fingerprint density at radius 3 is 1.87 bits per heavy atom. The molecule has 0 bridgehead atoms. The van der Waals surface area contributed by atoms with Crippen LogP contribution in [0.1, 0.15) is 59.8 Å². The van der Waals surface area contributed by atoms with E-state index in [2.05, 4.69) is 27.7 Å². The highest BCUT2D eigenvalue weighted by Gasteiger charge is 2.49. The first-order valence-corrected chi connectivity index (χ1v) is 6.47.